The molecule has 0 radical (unpaired) electrons. The van der Waals surface area contributed by atoms with Crippen molar-refractivity contribution in [2.24, 2.45) is 0 Å². The summed E-state index contributed by atoms with van der Waals surface area (Å²) in [4.78, 5) is 37.8. The first-order valence-corrected chi connectivity index (χ1v) is 10.1. The highest BCUT2D eigenvalue weighted by Gasteiger charge is 2.44. The van der Waals surface area contributed by atoms with Crippen LogP contribution in [-0.4, -0.2) is 35.9 Å². The molecule has 1 aromatic carbocycles. The Morgan fingerprint density at radius 3 is 2.72 bits per heavy atom. The van der Waals surface area contributed by atoms with Crippen molar-refractivity contribution in [3.63, 3.8) is 0 Å². The molecule has 0 fully saturated rings. The summed E-state index contributed by atoms with van der Waals surface area (Å²) >= 11 is 5.82. The van der Waals surface area contributed by atoms with E-state index in [1.54, 1.807) is 55.1 Å². The molecule has 1 aliphatic heterocycles. The Bertz CT molecular complexity index is 1430. The predicted octanol–water partition coefficient (Wildman–Crippen LogP) is 3.68. The van der Waals surface area contributed by atoms with Crippen molar-refractivity contribution in [3.05, 3.63) is 65.2 Å². The van der Waals surface area contributed by atoms with Crippen molar-refractivity contribution in [1.29, 1.82) is 0 Å². The summed E-state index contributed by atoms with van der Waals surface area (Å²) in [7, 11) is 0. The summed E-state index contributed by atoms with van der Waals surface area (Å²) < 4.78 is 15.8. The molecule has 0 atom stereocenters. The van der Waals surface area contributed by atoms with E-state index in [4.69, 9.17) is 11.6 Å². The number of fused-ring (bicyclic) bond motifs is 2. The maximum atomic E-state index is 14.2. The SMILES string of the molecule is CC1(C)C(=O)Nc2nc(-c3nn(Cc4ccccc4F)c4ncccc34)nc(C(=O)Cl)c21. The first kappa shape index (κ1) is 20.2. The third-order valence-corrected chi connectivity index (χ3v) is 5.70. The topological polar surface area (TPSA) is 103 Å². The van der Waals surface area contributed by atoms with Gasteiger partial charge in [0.25, 0.3) is 5.24 Å². The highest BCUT2D eigenvalue weighted by atomic mass is 35.5. The third-order valence-electron chi connectivity index (χ3n) is 5.52. The van der Waals surface area contributed by atoms with E-state index in [0.717, 1.165) is 0 Å². The summed E-state index contributed by atoms with van der Waals surface area (Å²) in [6.07, 6.45) is 1.60. The molecular formula is C22H16ClFN6O2. The molecule has 32 heavy (non-hydrogen) atoms. The van der Waals surface area contributed by atoms with Crippen LogP contribution in [0.5, 0.6) is 0 Å². The molecule has 4 heterocycles. The van der Waals surface area contributed by atoms with Crippen LogP contribution in [0.1, 0.15) is 35.5 Å². The van der Waals surface area contributed by atoms with Crippen molar-refractivity contribution in [2.45, 2.75) is 25.8 Å². The van der Waals surface area contributed by atoms with Gasteiger partial charge in [0.05, 0.1) is 17.3 Å². The van der Waals surface area contributed by atoms with E-state index in [0.29, 0.717) is 27.9 Å². The number of amides is 1. The molecule has 0 aliphatic carbocycles. The average molecular weight is 451 g/mol. The number of nitrogens with zero attached hydrogens (tertiary/aromatic N) is 5. The van der Waals surface area contributed by atoms with Gasteiger partial charge in [-0.25, -0.2) is 24.0 Å². The lowest BCUT2D eigenvalue weighted by atomic mass is 9.86. The molecule has 1 aliphatic rings. The molecule has 0 bridgehead atoms. The monoisotopic (exact) mass is 450 g/mol. The minimum absolute atomic E-state index is 0.0595. The molecule has 10 heteroatoms. The largest absolute Gasteiger partial charge is 0.310 e. The van der Waals surface area contributed by atoms with Crippen LogP contribution >= 0.6 is 11.6 Å². The molecule has 0 saturated carbocycles. The van der Waals surface area contributed by atoms with Gasteiger partial charge in [0.2, 0.25) is 5.91 Å². The summed E-state index contributed by atoms with van der Waals surface area (Å²) in [5.74, 6) is -0.345. The third kappa shape index (κ3) is 3.04. The number of hydrogen-bond donors (Lipinski definition) is 1. The second-order valence-corrected chi connectivity index (χ2v) is 8.29. The number of aromatic nitrogens is 5. The molecule has 4 aromatic rings. The molecule has 3 aromatic heterocycles. The Hall–Kier alpha value is -3.72. The standard InChI is InChI=1S/C22H16ClFN6O2/c1-22(2)14-16(17(23)31)26-19(27-18(14)28-21(22)32)15-12-7-5-9-25-20(12)30(29-15)10-11-6-3-4-8-13(11)24/h3-9H,10H2,1-2H3,(H,26,27,28,32). The predicted molar refractivity (Wildman–Crippen MR) is 116 cm³/mol. The second kappa shape index (κ2) is 7.16. The molecule has 0 spiro atoms. The van der Waals surface area contributed by atoms with Gasteiger partial charge in [-0.2, -0.15) is 5.10 Å². The van der Waals surface area contributed by atoms with E-state index >= 15 is 0 Å². The van der Waals surface area contributed by atoms with Crippen LogP contribution in [-0.2, 0) is 16.8 Å². The molecule has 8 nitrogen and oxygen atoms in total. The van der Waals surface area contributed by atoms with E-state index in [9.17, 15) is 14.0 Å². The molecule has 0 saturated heterocycles. The van der Waals surface area contributed by atoms with Crippen molar-refractivity contribution in [1.82, 2.24) is 24.7 Å². The number of benzene rings is 1. The van der Waals surface area contributed by atoms with Gasteiger partial charge in [0.15, 0.2) is 11.5 Å². The lowest BCUT2D eigenvalue weighted by molar-refractivity contribution is -0.119. The summed E-state index contributed by atoms with van der Waals surface area (Å²) in [6, 6.07) is 9.91. The zero-order valence-corrected chi connectivity index (χ0v) is 17.8. The Morgan fingerprint density at radius 1 is 1.19 bits per heavy atom. The van der Waals surface area contributed by atoms with Crippen molar-refractivity contribution >= 4 is 39.6 Å². The summed E-state index contributed by atoms with van der Waals surface area (Å²) in [5.41, 5.74) is 0.551. The Balaban J connectivity index is 1.71. The lowest BCUT2D eigenvalue weighted by Crippen LogP contribution is -2.28. The zero-order valence-electron chi connectivity index (χ0n) is 17.1. The lowest BCUT2D eigenvalue weighted by Gasteiger charge is -2.16. The fourth-order valence-corrected chi connectivity index (χ4v) is 3.98. The minimum atomic E-state index is -1.01. The molecular weight excluding hydrogens is 435 g/mol. The van der Waals surface area contributed by atoms with Gasteiger partial charge < -0.3 is 5.32 Å². The van der Waals surface area contributed by atoms with E-state index in [-0.39, 0.29) is 35.6 Å². The van der Waals surface area contributed by atoms with E-state index in [2.05, 4.69) is 25.4 Å². The van der Waals surface area contributed by atoms with Gasteiger partial charge in [0.1, 0.15) is 23.0 Å². The molecule has 5 rings (SSSR count). The van der Waals surface area contributed by atoms with Gasteiger partial charge in [-0.15, -0.1) is 0 Å². The normalized spacial score (nSPS) is 14.4. The molecule has 1 amide bonds. The summed E-state index contributed by atoms with van der Waals surface area (Å²) in [6.45, 7) is 3.47. The Morgan fingerprint density at radius 2 is 1.97 bits per heavy atom. The highest BCUT2D eigenvalue weighted by molar-refractivity contribution is 6.67. The summed E-state index contributed by atoms with van der Waals surface area (Å²) in [5, 5.41) is 7.08. The highest BCUT2D eigenvalue weighted by Crippen LogP contribution is 2.40. The quantitative estimate of drug-likeness (QED) is 0.476. The van der Waals surface area contributed by atoms with Crippen LogP contribution in [0.2, 0.25) is 0 Å². The van der Waals surface area contributed by atoms with Crippen molar-refractivity contribution in [2.75, 3.05) is 5.32 Å². The minimum Gasteiger partial charge on any atom is -0.310 e. The zero-order chi connectivity index (χ0) is 22.6. The van der Waals surface area contributed by atoms with Crippen LogP contribution in [0.25, 0.3) is 22.6 Å². The Kier molecular flexibility index (Phi) is 4.52. The maximum absolute atomic E-state index is 14.2. The molecule has 1 N–H and O–H groups in total. The number of hydrogen-bond acceptors (Lipinski definition) is 6. The van der Waals surface area contributed by atoms with Gasteiger partial charge in [0, 0.05) is 17.3 Å². The Labute approximate surface area is 186 Å². The van der Waals surface area contributed by atoms with Crippen LogP contribution < -0.4 is 5.32 Å². The molecule has 160 valence electrons. The van der Waals surface area contributed by atoms with Crippen LogP contribution in [0.4, 0.5) is 10.2 Å². The van der Waals surface area contributed by atoms with E-state index in [1.807, 2.05) is 0 Å². The van der Waals surface area contributed by atoms with Gasteiger partial charge in [-0.05, 0) is 43.6 Å². The molecule has 0 unspecified atom stereocenters. The number of halogens is 2. The first-order valence-electron chi connectivity index (χ1n) is 9.76. The van der Waals surface area contributed by atoms with Crippen LogP contribution in [0.3, 0.4) is 0 Å². The van der Waals surface area contributed by atoms with E-state index < -0.39 is 10.7 Å². The van der Waals surface area contributed by atoms with Crippen LogP contribution in [0, 0.1) is 5.82 Å². The second-order valence-electron chi connectivity index (χ2n) is 7.94. The number of nitrogens with one attached hydrogen (secondary N) is 1. The number of anilines is 1. The smallest absolute Gasteiger partial charge is 0.271 e. The van der Waals surface area contributed by atoms with Gasteiger partial charge in [-0.3, -0.25) is 9.59 Å². The van der Waals surface area contributed by atoms with Crippen molar-refractivity contribution < 1.29 is 14.0 Å². The number of carbonyl (C=O) groups is 2. The van der Waals surface area contributed by atoms with Gasteiger partial charge >= 0.3 is 0 Å². The number of rotatable bonds is 4. The fourth-order valence-electron chi connectivity index (χ4n) is 3.84. The van der Waals surface area contributed by atoms with Crippen molar-refractivity contribution in [3.8, 4) is 11.5 Å². The fraction of sp³-hybridized carbons (Fsp3) is 0.182. The number of pyridine rings is 1. The number of carbonyl (C=O) groups excluding carboxylic acids is 2. The van der Waals surface area contributed by atoms with Crippen LogP contribution in [0.15, 0.2) is 42.6 Å². The first-order chi connectivity index (χ1) is 15.3. The van der Waals surface area contributed by atoms with Gasteiger partial charge in [-0.1, -0.05) is 18.2 Å². The average Bonchev–Trinajstić information content (AvgIpc) is 3.23. The maximum Gasteiger partial charge on any atom is 0.271 e. The van der Waals surface area contributed by atoms with E-state index in [1.165, 1.54) is 6.07 Å².